The molecule has 1 aliphatic heterocycles. The van der Waals surface area contributed by atoms with Crippen LogP contribution in [0, 0.1) is 5.92 Å². The Balaban J connectivity index is 0.00000200. The van der Waals surface area contributed by atoms with Gasteiger partial charge < -0.3 is 20.6 Å². The van der Waals surface area contributed by atoms with E-state index in [1.807, 2.05) is 6.92 Å². The van der Waals surface area contributed by atoms with Crippen molar-refractivity contribution in [3.8, 4) is 0 Å². The summed E-state index contributed by atoms with van der Waals surface area (Å²) in [5, 5.41) is 15.7. The number of carbonyl (C=O) groups excluding carboxylic acids is 1. The number of likely N-dealkylation sites (tertiary alicyclic amines) is 1. The molecule has 1 heterocycles. The second-order valence-electron chi connectivity index (χ2n) is 5.19. The van der Waals surface area contributed by atoms with Crippen molar-refractivity contribution in [2.24, 2.45) is 10.9 Å². The minimum absolute atomic E-state index is 0. The molecule has 0 unspecified atom stereocenters. The number of rotatable bonds is 5. The molecule has 2 rings (SSSR count). The topological polar surface area (TPSA) is 77.0 Å². The van der Waals surface area contributed by atoms with Crippen LogP contribution < -0.4 is 10.6 Å². The van der Waals surface area contributed by atoms with Crippen molar-refractivity contribution in [1.82, 2.24) is 15.5 Å². The molecule has 3 N–H and O–H groups in total. The fourth-order valence-corrected chi connectivity index (χ4v) is 2.19. The van der Waals surface area contributed by atoms with Crippen LogP contribution in [0.2, 0.25) is 0 Å². The number of nitrogens with one attached hydrogen (secondary N) is 2. The highest BCUT2D eigenvalue weighted by Crippen LogP contribution is 2.28. The summed E-state index contributed by atoms with van der Waals surface area (Å²) < 4.78 is 0. The van der Waals surface area contributed by atoms with E-state index in [-0.39, 0.29) is 41.9 Å². The number of hydrogen-bond acceptors (Lipinski definition) is 3. The van der Waals surface area contributed by atoms with E-state index in [2.05, 4.69) is 20.5 Å². The number of β-amino-alcohol motifs (C(OH)–C–C–N with tert-alkyl or cyclic N) is 1. The summed E-state index contributed by atoms with van der Waals surface area (Å²) >= 11 is 0. The predicted octanol–water partition coefficient (Wildman–Crippen LogP) is 0.163. The molecule has 116 valence electrons. The molecule has 1 saturated heterocycles. The molecule has 1 saturated carbocycles. The van der Waals surface area contributed by atoms with Gasteiger partial charge in [-0.15, -0.1) is 24.0 Å². The Hall–Kier alpha value is -0.570. The predicted molar refractivity (Wildman–Crippen MR) is 89.3 cm³/mol. The molecule has 0 radical (unpaired) electrons. The number of halogens is 1. The lowest BCUT2D eigenvalue weighted by Crippen LogP contribution is -2.41. The van der Waals surface area contributed by atoms with Crippen molar-refractivity contribution in [3.63, 3.8) is 0 Å². The normalized spacial score (nSPS) is 22.4. The van der Waals surface area contributed by atoms with Gasteiger partial charge in [0.1, 0.15) is 0 Å². The van der Waals surface area contributed by atoms with Crippen molar-refractivity contribution >= 4 is 35.8 Å². The minimum Gasteiger partial charge on any atom is -0.391 e. The number of amides is 1. The highest BCUT2D eigenvalue weighted by molar-refractivity contribution is 14.0. The van der Waals surface area contributed by atoms with E-state index in [1.165, 1.54) is 0 Å². The lowest BCUT2D eigenvalue weighted by Gasteiger charge is -2.20. The summed E-state index contributed by atoms with van der Waals surface area (Å²) in [6, 6.07) is 0. The van der Waals surface area contributed by atoms with Gasteiger partial charge >= 0.3 is 0 Å². The van der Waals surface area contributed by atoms with E-state index in [1.54, 1.807) is 0 Å². The number of nitrogens with zero attached hydrogens (tertiary/aromatic N) is 2. The molecule has 0 aromatic heterocycles. The van der Waals surface area contributed by atoms with Crippen LogP contribution in [0.15, 0.2) is 4.99 Å². The first-order valence-corrected chi connectivity index (χ1v) is 7.19. The van der Waals surface area contributed by atoms with E-state index in [0.29, 0.717) is 19.6 Å². The van der Waals surface area contributed by atoms with E-state index in [0.717, 1.165) is 38.3 Å². The average Bonchev–Trinajstić information content (AvgIpc) is 3.16. The minimum atomic E-state index is -0.251. The maximum atomic E-state index is 11.5. The lowest BCUT2D eigenvalue weighted by atomic mass is 10.3. The first-order chi connectivity index (χ1) is 9.20. The maximum absolute atomic E-state index is 11.5. The third-order valence-corrected chi connectivity index (χ3v) is 3.42. The summed E-state index contributed by atoms with van der Waals surface area (Å²) in [5.41, 5.74) is 0. The van der Waals surface area contributed by atoms with Gasteiger partial charge in [0.05, 0.1) is 12.6 Å². The van der Waals surface area contributed by atoms with Crippen LogP contribution in [-0.4, -0.2) is 60.7 Å². The molecule has 2 fully saturated rings. The zero-order valence-corrected chi connectivity index (χ0v) is 14.3. The monoisotopic (exact) mass is 396 g/mol. The van der Waals surface area contributed by atoms with Crippen molar-refractivity contribution in [2.45, 2.75) is 32.3 Å². The second kappa shape index (κ2) is 8.66. The lowest BCUT2D eigenvalue weighted by molar-refractivity contribution is -0.122. The van der Waals surface area contributed by atoms with Crippen LogP contribution in [0.4, 0.5) is 0 Å². The molecule has 0 bridgehead atoms. The third-order valence-electron chi connectivity index (χ3n) is 3.42. The Morgan fingerprint density at radius 3 is 2.65 bits per heavy atom. The quantitative estimate of drug-likeness (QED) is 0.268. The van der Waals surface area contributed by atoms with Gasteiger partial charge in [0.25, 0.3) is 0 Å². The number of aliphatic hydroxyl groups excluding tert-OH is 1. The van der Waals surface area contributed by atoms with Crippen molar-refractivity contribution < 1.29 is 9.90 Å². The molecule has 20 heavy (non-hydrogen) atoms. The summed E-state index contributed by atoms with van der Waals surface area (Å²) in [5.74, 6) is 1.25. The van der Waals surface area contributed by atoms with Gasteiger partial charge in [-0.3, -0.25) is 9.79 Å². The molecule has 0 aromatic rings. The third kappa shape index (κ3) is 5.43. The Labute approximate surface area is 137 Å². The largest absolute Gasteiger partial charge is 0.391 e. The molecule has 2 aliphatic rings. The van der Waals surface area contributed by atoms with E-state index >= 15 is 0 Å². The van der Waals surface area contributed by atoms with Crippen LogP contribution in [0.25, 0.3) is 0 Å². The smallest absolute Gasteiger partial charge is 0.223 e. The zero-order chi connectivity index (χ0) is 13.7. The van der Waals surface area contributed by atoms with Crippen LogP contribution in [0.5, 0.6) is 0 Å². The van der Waals surface area contributed by atoms with Crippen molar-refractivity contribution in [2.75, 3.05) is 32.7 Å². The van der Waals surface area contributed by atoms with E-state index in [4.69, 9.17) is 0 Å². The molecule has 0 spiro atoms. The summed E-state index contributed by atoms with van der Waals surface area (Å²) in [4.78, 5) is 18.0. The van der Waals surface area contributed by atoms with Gasteiger partial charge in [-0.2, -0.15) is 0 Å². The Morgan fingerprint density at radius 2 is 2.10 bits per heavy atom. The molecule has 0 aromatic carbocycles. The van der Waals surface area contributed by atoms with Gasteiger partial charge in [0, 0.05) is 32.1 Å². The van der Waals surface area contributed by atoms with Gasteiger partial charge in [-0.05, 0) is 26.2 Å². The van der Waals surface area contributed by atoms with E-state index < -0.39 is 0 Å². The Morgan fingerprint density at radius 1 is 1.35 bits per heavy atom. The van der Waals surface area contributed by atoms with Crippen LogP contribution in [-0.2, 0) is 4.79 Å². The first-order valence-electron chi connectivity index (χ1n) is 7.19. The van der Waals surface area contributed by atoms with Crippen molar-refractivity contribution in [1.29, 1.82) is 0 Å². The molecule has 1 aliphatic carbocycles. The fourth-order valence-electron chi connectivity index (χ4n) is 2.19. The zero-order valence-electron chi connectivity index (χ0n) is 12.0. The number of guanidine groups is 1. The highest BCUT2D eigenvalue weighted by Gasteiger charge is 2.29. The van der Waals surface area contributed by atoms with Crippen LogP contribution in [0.3, 0.4) is 0 Å². The van der Waals surface area contributed by atoms with Gasteiger partial charge in [-0.25, -0.2) is 0 Å². The summed E-state index contributed by atoms with van der Waals surface area (Å²) in [6.45, 7) is 5.46. The van der Waals surface area contributed by atoms with Crippen molar-refractivity contribution in [3.05, 3.63) is 0 Å². The number of carbonyl (C=O) groups is 1. The van der Waals surface area contributed by atoms with Crippen LogP contribution >= 0.6 is 24.0 Å². The van der Waals surface area contributed by atoms with Crippen LogP contribution in [0.1, 0.15) is 26.2 Å². The second-order valence-corrected chi connectivity index (χ2v) is 5.19. The Bertz CT molecular complexity index is 347. The molecular weight excluding hydrogens is 371 g/mol. The van der Waals surface area contributed by atoms with Gasteiger partial charge in [0.15, 0.2) is 5.96 Å². The molecular formula is C13H25IN4O2. The summed E-state index contributed by atoms with van der Waals surface area (Å²) in [7, 11) is 0. The highest BCUT2D eigenvalue weighted by atomic mass is 127. The Kier molecular flexibility index (Phi) is 7.57. The number of aliphatic hydroxyl groups is 1. The summed E-state index contributed by atoms with van der Waals surface area (Å²) in [6.07, 6.45) is 2.61. The molecule has 1 amide bonds. The van der Waals surface area contributed by atoms with Gasteiger partial charge in [0.2, 0.25) is 5.91 Å². The molecule has 6 nitrogen and oxygen atoms in total. The fraction of sp³-hybridized carbons (Fsp3) is 0.846. The number of aliphatic imine (C=N–C) groups is 1. The van der Waals surface area contributed by atoms with Gasteiger partial charge in [-0.1, -0.05) is 0 Å². The maximum Gasteiger partial charge on any atom is 0.223 e. The standard InChI is InChI=1S/C13H24N4O2.HI/c1-2-14-13(17-8-5-11(18)9-17)16-7-6-15-12(19)10-3-4-10;/h10-11,18H,2-9H2,1H3,(H,14,16)(H,15,19);1H/t11-;/m1./s1. The number of hydrogen-bond donors (Lipinski definition) is 3. The first kappa shape index (κ1) is 17.5. The van der Waals surface area contributed by atoms with E-state index in [9.17, 15) is 9.90 Å². The molecule has 1 atom stereocenters. The SMILES string of the molecule is CCNC(=NCCNC(=O)C1CC1)N1CC[C@@H](O)C1.I. The average molecular weight is 396 g/mol. The molecule has 7 heteroatoms.